The molecule has 2 aromatic carbocycles. The third kappa shape index (κ3) is 6.63. The minimum atomic E-state index is -1.68. The number of benzene rings is 2. The van der Waals surface area contributed by atoms with E-state index in [-0.39, 0.29) is 24.5 Å². The molecule has 4 aliphatic rings. The van der Waals surface area contributed by atoms with E-state index < -0.39 is 85.1 Å². The van der Waals surface area contributed by atoms with Crippen LogP contribution in [0.5, 0.6) is 23.0 Å². The first-order chi connectivity index (χ1) is 23.9. The monoisotopic (exact) mass is 702 g/mol. The summed E-state index contributed by atoms with van der Waals surface area (Å²) >= 11 is 0. The molecule has 0 spiro atoms. The van der Waals surface area contributed by atoms with Crippen LogP contribution in [-0.4, -0.2) is 118 Å². The number of esters is 1. The molecule has 1 aliphatic carbocycles. The van der Waals surface area contributed by atoms with Crippen molar-refractivity contribution in [3.05, 3.63) is 65.4 Å². The second-order valence-corrected chi connectivity index (χ2v) is 13.0. The molecular weight excluding hydrogens is 660 g/mol. The summed E-state index contributed by atoms with van der Waals surface area (Å²) in [5, 5.41) is 72.0. The van der Waals surface area contributed by atoms with Gasteiger partial charge >= 0.3 is 5.97 Å². The second-order valence-electron chi connectivity index (χ2n) is 13.0. The lowest BCUT2D eigenvalue weighted by atomic mass is 9.85. The molecule has 2 fully saturated rings. The van der Waals surface area contributed by atoms with Crippen molar-refractivity contribution in [2.75, 3.05) is 27.4 Å². The molecule has 2 aromatic rings. The van der Waals surface area contributed by atoms with Gasteiger partial charge in [-0.25, -0.2) is 4.79 Å². The van der Waals surface area contributed by atoms with Crippen LogP contribution in [0, 0.1) is 11.8 Å². The van der Waals surface area contributed by atoms with Crippen molar-refractivity contribution in [3.63, 3.8) is 0 Å². The van der Waals surface area contributed by atoms with Crippen LogP contribution in [0.2, 0.25) is 0 Å². The van der Waals surface area contributed by atoms with Gasteiger partial charge in [0, 0.05) is 24.0 Å². The van der Waals surface area contributed by atoms with E-state index in [9.17, 15) is 40.5 Å². The van der Waals surface area contributed by atoms with Crippen molar-refractivity contribution in [1.29, 1.82) is 0 Å². The summed E-state index contributed by atoms with van der Waals surface area (Å²) < 4.78 is 39.8. The molecule has 15 heteroatoms. The van der Waals surface area contributed by atoms with Gasteiger partial charge in [0.25, 0.3) is 0 Å². The standard InChI is InChI=1S/C35H42O15/c1-35(43)13-24(18-8-9-46-33(27(18)35)50-34-30(42)29(41)28(40)25(15-37)48-34)47-26(39)7-4-16-10-19-20(14-36)31(49-32(19)23(11-16)45-3)17-5-6-21(38)22(12-17)44-2/h4-12,18,20,24-25,27-31,33-34,36-38,40-43H,13-15H2,1-3H3/b7-4+/t18-,20+,24+,25+,27-,28+,29-,30+,31-,33-,34-,35-/m0/s1. The number of aliphatic hydroxyl groups is 6. The topological polar surface area (TPSA) is 223 Å². The maximum absolute atomic E-state index is 13.1. The van der Waals surface area contributed by atoms with E-state index in [0.717, 1.165) is 0 Å². The number of aliphatic hydroxyl groups excluding tert-OH is 5. The van der Waals surface area contributed by atoms with Crippen molar-refractivity contribution in [2.45, 2.75) is 74.1 Å². The zero-order valence-electron chi connectivity index (χ0n) is 27.6. The van der Waals surface area contributed by atoms with Crippen LogP contribution in [0.3, 0.4) is 0 Å². The van der Waals surface area contributed by atoms with Crippen molar-refractivity contribution in [1.82, 2.24) is 0 Å². The highest BCUT2D eigenvalue weighted by atomic mass is 16.8. The Kier molecular flexibility index (Phi) is 10.3. The third-order valence-electron chi connectivity index (χ3n) is 9.84. The van der Waals surface area contributed by atoms with Gasteiger partial charge in [0.05, 0.1) is 51.1 Å². The van der Waals surface area contributed by atoms with E-state index in [1.807, 2.05) is 0 Å². The summed E-state index contributed by atoms with van der Waals surface area (Å²) in [4.78, 5) is 13.1. The van der Waals surface area contributed by atoms with Gasteiger partial charge in [0.1, 0.15) is 36.6 Å². The Balaban J connectivity index is 1.15. The summed E-state index contributed by atoms with van der Waals surface area (Å²) in [6.45, 7) is 0.635. The number of ether oxygens (including phenoxy) is 7. The van der Waals surface area contributed by atoms with Crippen LogP contribution in [0.1, 0.15) is 42.1 Å². The highest BCUT2D eigenvalue weighted by Crippen LogP contribution is 2.52. The maximum Gasteiger partial charge on any atom is 0.331 e. The van der Waals surface area contributed by atoms with Crippen molar-refractivity contribution in [3.8, 4) is 23.0 Å². The molecule has 0 bridgehead atoms. The van der Waals surface area contributed by atoms with Crippen LogP contribution < -0.4 is 14.2 Å². The first kappa shape index (κ1) is 35.9. The number of methoxy groups -OCH3 is 2. The molecule has 1 saturated heterocycles. The quantitative estimate of drug-likeness (QED) is 0.133. The number of rotatable bonds is 10. The van der Waals surface area contributed by atoms with Crippen LogP contribution in [-0.2, 0) is 23.7 Å². The fourth-order valence-electron chi connectivity index (χ4n) is 7.28. The van der Waals surface area contributed by atoms with Gasteiger partial charge in [-0.05, 0) is 54.5 Å². The summed E-state index contributed by atoms with van der Waals surface area (Å²) in [7, 11) is 2.91. The third-order valence-corrected chi connectivity index (χ3v) is 9.84. The minimum absolute atomic E-state index is 0.0236. The first-order valence-corrected chi connectivity index (χ1v) is 16.2. The van der Waals surface area contributed by atoms with E-state index in [4.69, 9.17) is 33.2 Å². The molecule has 3 heterocycles. The Morgan fingerprint density at radius 1 is 1.00 bits per heavy atom. The molecule has 15 nitrogen and oxygen atoms in total. The van der Waals surface area contributed by atoms with Crippen LogP contribution >= 0.6 is 0 Å². The number of carbonyl (C=O) groups is 1. The molecule has 0 amide bonds. The fourth-order valence-corrected chi connectivity index (χ4v) is 7.28. The number of hydrogen-bond donors (Lipinski definition) is 7. The Morgan fingerprint density at radius 3 is 2.46 bits per heavy atom. The fraction of sp³-hybridized carbons (Fsp3) is 0.514. The Bertz CT molecular complexity index is 1600. The van der Waals surface area contributed by atoms with Crippen molar-refractivity contribution in [2.24, 2.45) is 11.8 Å². The second kappa shape index (κ2) is 14.4. The van der Waals surface area contributed by atoms with Crippen LogP contribution in [0.15, 0.2) is 48.7 Å². The predicted octanol–water partition coefficient (Wildman–Crippen LogP) is 0.618. The molecule has 6 rings (SSSR count). The van der Waals surface area contributed by atoms with E-state index in [1.54, 1.807) is 37.3 Å². The molecule has 1 saturated carbocycles. The minimum Gasteiger partial charge on any atom is -0.504 e. The first-order valence-electron chi connectivity index (χ1n) is 16.2. The molecule has 0 aromatic heterocycles. The lowest BCUT2D eigenvalue weighted by Gasteiger charge is -2.43. The number of aromatic hydroxyl groups is 1. The van der Waals surface area contributed by atoms with Gasteiger partial charge in [0.15, 0.2) is 29.3 Å². The Hall–Kier alpha value is -3.93. The van der Waals surface area contributed by atoms with Gasteiger partial charge < -0.3 is 68.9 Å². The smallest absolute Gasteiger partial charge is 0.331 e. The summed E-state index contributed by atoms with van der Waals surface area (Å²) in [6.07, 6.45) is -4.45. The summed E-state index contributed by atoms with van der Waals surface area (Å²) in [6, 6.07) is 8.26. The van der Waals surface area contributed by atoms with Crippen LogP contribution in [0.25, 0.3) is 6.08 Å². The van der Waals surface area contributed by atoms with E-state index >= 15 is 0 Å². The molecule has 272 valence electrons. The largest absolute Gasteiger partial charge is 0.504 e. The number of carbonyl (C=O) groups excluding carboxylic acids is 1. The van der Waals surface area contributed by atoms with E-state index in [2.05, 4.69) is 0 Å². The molecule has 3 aliphatic heterocycles. The van der Waals surface area contributed by atoms with Gasteiger partial charge in [-0.3, -0.25) is 0 Å². The zero-order valence-corrected chi connectivity index (χ0v) is 27.6. The molecule has 50 heavy (non-hydrogen) atoms. The van der Waals surface area contributed by atoms with E-state index in [1.165, 1.54) is 38.7 Å². The van der Waals surface area contributed by atoms with Gasteiger partial charge in [-0.2, -0.15) is 0 Å². The predicted molar refractivity (Wildman–Crippen MR) is 171 cm³/mol. The average Bonchev–Trinajstić information content (AvgIpc) is 3.61. The average molecular weight is 703 g/mol. The highest BCUT2D eigenvalue weighted by molar-refractivity contribution is 5.87. The van der Waals surface area contributed by atoms with Crippen LogP contribution in [0.4, 0.5) is 0 Å². The molecule has 0 unspecified atom stereocenters. The molecule has 12 atom stereocenters. The number of phenols is 1. The Labute approximate surface area is 287 Å². The molecule has 7 N–H and O–H groups in total. The lowest BCUT2D eigenvalue weighted by Crippen LogP contribution is -2.60. The van der Waals surface area contributed by atoms with Gasteiger partial charge in [0.2, 0.25) is 6.29 Å². The molecular formula is C35H42O15. The zero-order chi connectivity index (χ0) is 35.9. The normalized spacial score (nSPS) is 36.0. The Morgan fingerprint density at radius 2 is 1.76 bits per heavy atom. The summed E-state index contributed by atoms with van der Waals surface area (Å²) in [5.41, 5.74) is 0.433. The maximum atomic E-state index is 13.1. The van der Waals surface area contributed by atoms with Gasteiger partial charge in [-0.1, -0.05) is 6.07 Å². The number of phenolic OH excluding ortho intramolecular Hbond substituents is 1. The van der Waals surface area contributed by atoms with Crippen molar-refractivity contribution >= 4 is 12.0 Å². The lowest BCUT2D eigenvalue weighted by molar-refractivity contribution is -0.346. The number of hydrogen-bond acceptors (Lipinski definition) is 15. The molecule has 0 radical (unpaired) electrons. The highest BCUT2D eigenvalue weighted by Gasteiger charge is 2.58. The van der Waals surface area contributed by atoms with Gasteiger partial charge in [-0.15, -0.1) is 0 Å². The van der Waals surface area contributed by atoms with Crippen molar-refractivity contribution < 1.29 is 73.7 Å². The summed E-state index contributed by atoms with van der Waals surface area (Å²) in [5.74, 6) is -1.50. The number of fused-ring (bicyclic) bond motifs is 2. The SMILES string of the molecule is COc1cc([C@@H]2Oc3c(OC)cc(/C=C/C(=O)O[C@@H]4C[C@](C)(O)[C@@H]5[C@H](O[C@@H]6O[C@H](CO)[C@@H](O)[C@H](O)[C@H]6O)OC=C[C@H]54)cc3[C@H]2CO)ccc1O. The van der Waals surface area contributed by atoms with E-state index in [0.29, 0.717) is 28.2 Å².